The van der Waals surface area contributed by atoms with Gasteiger partial charge in [-0.1, -0.05) is 38.1 Å². The number of nitrogens with one attached hydrogen (secondary N) is 1. The Balaban J connectivity index is 2.12. The molecular weight excluding hydrogens is 336 g/mol. The molecule has 0 radical (unpaired) electrons. The zero-order valence-corrected chi connectivity index (χ0v) is 14.4. The van der Waals surface area contributed by atoms with Crippen LogP contribution in [0.4, 0.5) is 4.79 Å². The van der Waals surface area contributed by atoms with E-state index < -0.39 is 24.0 Å². The average Bonchev–Trinajstić information content (AvgIpc) is 2.59. The third-order valence-electron chi connectivity index (χ3n) is 3.67. The molecule has 3 amide bonds. The van der Waals surface area contributed by atoms with E-state index in [-0.39, 0.29) is 17.2 Å². The van der Waals surface area contributed by atoms with Gasteiger partial charge in [-0.2, -0.15) is 0 Å². The number of esters is 1. The summed E-state index contributed by atoms with van der Waals surface area (Å²) in [6.07, 6.45) is -1.13. The molecule has 0 unspecified atom stereocenters. The summed E-state index contributed by atoms with van der Waals surface area (Å²) in [5, 5.41) is 11.2. The Morgan fingerprint density at radius 2 is 1.46 bits per heavy atom. The van der Waals surface area contributed by atoms with E-state index in [1.807, 2.05) is 5.32 Å². The van der Waals surface area contributed by atoms with Crippen LogP contribution in [0.15, 0.2) is 48.5 Å². The topological polar surface area (TPSA) is 119 Å². The molecule has 0 saturated heterocycles. The highest BCUT2D eigenvalue weighted by Gasteiger charge is 2.27. The summed E-state index contributed by atoms with van der Waals surface area (Å²) in [6, 6.07) is 12.3. The number of carbonyl (C=O) groups is 3. The first-order valence-corrected chi connectivity index (χ1v) is 7.98. The van der Waals surface area contributed by atoms with E-state index in [1.54, 1.807) is 62.4 Å². The van der Waals surface area contributed by atoms with E-state index in [1.165, 1.54) is 0 Å². The summed E-state index contributed by atoms with van der Waals surface area (Å²) in [5.74, 6) is -1.61. The van der Waals surface area contributed by atoms with Gasteiger partial charge in [0, 0.05) is 0 Å². The fraction of sp³-hybridized carbons (Fsp3) is 0.211. The second kappa shape index (κ2) is 8.15. The van der Waals surface area contributed by atoms with Crippen molar-refractivity contribution in [1.82, 2.24) is 5.32 Å². The molecule has 4 N–H and O–H groups in total. The van der Waals surface area contributed by atoms with Crippen LogP contribution in [0.1, 0.15) is 24.2 Å². The highest BCUT2D eigenvalue weighted by Crippen LogP contribution is 2.22. The van der Waals surface area contributed by atoms with E-state index in [2.05, 4.69) is 0 Å². The maximum Gasteiger partial charge on any atom is 0.338 e. The lowest BCUT2D eigenvalue weighted by Crippen LogP contribution is -2.45. The van der Waals surface area contributed by atoms with Crippen molar-refractivity contribution in [2.24, 2.45) is 11.7 Å². The zero-order valence-electron chi connectivity index (χ0n) is 14.4. The molecule has 2 rings (SSSR count). The fourth-order valence-corrected chi connectivity index (χ4v) is 2.32. The van der Waals surface area contributed by atoms with Crippen LogP contribution >= 0.6 is 0 Å². The standard InChI is InChI=1S/C19H20N2O5/c1-11(2)16(17(23)21-19(20)25)26-18(24)14-5-3-12(4-6-14)13-7-9-15(22)10-8-13/h3-11,16,22H,1-2H3,(H3,20,21,23,25)/t16-/m0/s1. The minimum atomic E-state index is -1.13. The second-order valence-electron chi connectivity index (χ2n) is 6.05. The van der Waals surface area contributed by atoms with Crippen LogP contribution in [-0.2, 0) is 9.53 Å². The van der Waals surface area contributed by atoms with Gasteiger partial charge in [-0.3, -0.25) is 10.1 Å². The minimum absolute atomic E-state index is 0.169. The molecule has 0 spiro atoms. The molecule has 7 heteroatoms. The number of primary amides is 1. The number of phenols is 1. The average molecular weight is 356 g/mol. The van der Waals surface area contributed by atoms with Gasteiger partial charge in [0.25, 0.3) is 5.91 Å². The van der Waals surface area contributed by atoms with Crippen molar-refractivity contribution in [3.05, 3.63) is 54.1 Å². The maximum atomic E-state index is 12.3. The summed E-state index contributed by atoms with van der Waals surface area (Å²) in [4.78, 5) is 35.0. The monoisotopic (exact) mass is 356 g/mol. The summed E-state index contributed by atoms with van der Waals surface area (Å²) < 4.78 is 5.23. The molecule has 0 heterocycles. The number of imide groups is 1. The molecule has 0 aliphatic carbocycles. The Morgan fingerprint density at radius 1 is 0.962 bits per heavy atom. The van der Waals surface area contributed by atoms with Gasteiger partial charge >= 0.3 is 12.0 Å². The van der Waals surface area contributed by atoms with Gasteiger partial charge in [0.05, 0.1) is 5.56 Å². The molecular formula is C19H20N2O5. The van der Waals surface area contributed by atoms with Gasteiger partial charge in [-0.15, -0.1) is 0 Å². The van der Waals surface area contributed by atoms with Crippen LogP contribution in [0.5, 0.6) is 5.75 Å². The number of amides is 3. The van der Waals surface area contributed by atoms with Crippen LogP contribution < -0.4 is 11.1 Å². The van der Waals surface area contributed by atoms with Gasteiger partial charge in [-0.25, -0.2) is 9.59 Å². The quantitative estimate of drug-likeness (QED) is 0.711. The van der Waals surface area contributed by atoms with Crippen molar-refractivity contribution >= 4 is 17.9 Å². The maximum absolute atomic E-state index is 12.3. The number of rotatable bonds is 5. The van der Waals surface area contributed by atoms with Gasteiger partial charge in [0.1, 0.15) is 5.75 Å². The Hall–Kier alpha value is -3.35. The number of benzene rings is 2. The van der Waals surface area contributed by atoms with Crippen molar-refractivity contribution in [3.63, 3.8) is 0 Å². The normalized spacial score (nSPS) is 11.7. The van der Waals surface area contributed by atoms with Crippen molar-refractivity contribution in [1.29, 1.82) is 0 Å². The van der Waals surface area contributed by atoms with Crippen molar-refractivity contribution < 1.29 is 24.2 Å². The summed E-state index contributed by atoms with van der Waals surface area (Å²) in [5.41, 5.74) is 6.93. The third kappa shape index (κ3) is 4.83. The molecule has 0 bridgehead atoms. The number of hydrogen-bond acceptors (Lipinski definition) is 5. The lowest BCUT2D eigenvalue weighted by Gasteiger charge is -2.19. The Morgan fingerprint density at radius 3 is 1.92 bits per heavy atom. The Bertz CT molecular complexity index is 798. The first-order chi connectivity index (χ1) is 12.3. The summed E-state index contributed by atoms with van der Waals surface area (Å²) in [6.45, 7) is 3.37. The predicted octanol–water partition coefficient (Wildman–Crippen LogP) is 2.44. The number of ether oxygens (including phenoxy) is 1. The minimum Gasteiger partial charge on any atom is -0.508 e. The molecule has 26 heavy (non-hydrogen) atoms. The van der Waals surface area contributed by atoms with E-state index in [4.69, 9.17) is 10.5 Å². The lowest BCUT2D eigenvalue weighted by molar-refractivity contribution is -0.130. The smallest absolute Gasteiger partial charge is 0.338 e. The van der Waals surface area contributed by atoms with E-state index >= 15 is 0 Å². The molecule has 136 valence electrons. The molecule has 0 saturated carbocycles. The second-order valence-corrected chi connectivity index (χ2v) is 6.05. The van der Waals surface area contributed by atoms with E-state index in [0.29, 0.717) is 0 Å². The summed E-state index contributed by atoms with van der Waals surface area (Å²) >= 11 is 0. The van der Waals surface area contributed by atoms with Crippen LogP contribution in [0.2, 0.25) is 0 Å². The first kappa shape index (κ1) is 19.0. The molecule has 2 aromatic rings. The third-order valence-corrected chi connectivity index (χ3v) is 3.67. The number of aromatic hydroxyl groups is 1. The number of phenolic OH excluding ortho intramolecular Hbond substituents is 1. The molecule has 1 atom stereocenters. The number of urea groups is 1. The highest BCUT2D eigenvalue weighted by atomic mass is 16.5. The largest absolute Gasteiger partial charge is 0.508 e. The van der Waals surface area contributed by atoms with Crippen molar-refractivity contribution in [2.45, 2.75) is 20.0 Å². The first-order valence-electron chi connectivity index (χ1n) is 7.98. The van der Waals surface area contributed by atoms with Gasteiger partial charge in [0.15, 0.2) is 6.10 Å². The SMILES string of the molecule is CC(C)[C@H](OC(=O)c1ccc(-c2ccc(O)cc2)cc1)C(=O)NC(N)=O. The van der Waals surface area contributed by atoms with Gasteiger partial charge in [-0.05, 0) is 41.3 Å². The molecule has 0 aliphatic heterocycles. The number of carbonyl (C=O) groups excluding carboxylic acids is 3. The molecule has 2 aromatic carbocycles. The Labute approximate surface area is 150 Å². The zero-order chi connectivity index (χ0) is 19.3. The molecule has 0 aliphatic rings. The molecule has 0 fully saturated rings. The molecule has 0 aromatic heterocycles. The number of hydrogen-bond donors (Lipinski definition) is 3. The fourth-order valence-electron chi connectivity index (χ4n) is 2.32. The highest BCUT2D eigenvalue weighted by molar-refractivity contribution is 5.98. The van der Waals surface area contributed by atoms with Gasteiger partial charge in [0.2, 0.25) is 0 Å². The van der Waals surface area contributed by atoms with Crippen molar-refractivity contribution in [2.75, 3.05) is 0 Å². The van der Waals surface area contributed by atoms with Crippen LogP contribution in [0.3, 0.4) is 0 Å². The van der Waals surface area contributed by atoms with E-state index in [9.17, 15) is 19.5 Å². The summed E-state index contributed by atoms with van der Waals surface area (Å²) in [7, 11) is 0. The van der Waals surface area contributed by atoms with Crippen LogP contribution in [0.25, 0.3) is 11.1 Å². The van der Waals surface area contributed by atoms with Crippen molar-refractivity contribution in [3.8, 4) is 16.9 Å². The lowest BCUT2D eigenvalue weighted by atomic mass is 10.0. The van der Waals surface area contributed by atoms with E-state index in [0.717, 1.165) is 11.1 Å². The molecule has 7 nitrogen and oxygen atoms in total. The van der Waals surface area contributed by atoms with Gasteiger partial charge < -0.3 is 15.6 Å². The van der Waals surface area contributed by atoms with Crippen LogP contribution in [0, 0.1) is 5.92 Å². The predicted molar refractivity (Wildman–Crippen MR) is 95.3 cm³/mol. The van der Waals surface area contributed by atoms with Crippen LogP contribution in [-0.4, -0.2) is 29.1 Å². The Kier molecular flexibility index (Phi) is 5.95. The number of nitrogens with two attached hydrogens (primary N) is 1.